The Morgan fingerprint density at radius 3 is 1.55 bits per heavy atom. The Morgan fingerprint density at radius 2 is 1.02 bits per heavy atom. The number of fused-ring (bicyclic) bond motifs is 17. The van der Waals surface area contributed by atoms with Crippen LogP contribution in [0.5, 0.6) is 0 Å². The molecule has 0 unspecified atom stereocenters. The molecule has 3 aromatic carbocycles. The predicted molar refractivity (Wildman–Crippen MR) is 150 cm³/mol. The van der Waals surface area contributed by atoms with Crippen molar-refractivity contribution in [2.45, 2.75) is 0 Å². The Morgan fingerprint density at radius 1 is 0.550 bits per heavy atom. The second-order valence-corrected chi connectivity index (χ2v) is 9.55. The summed E-state index contributed by atoms with van der Waals surface area (Å²) in [5.74, 6) is 2.25. The average Bonchev–Trinajstić information content (AvgIpc) is 3.72. The van der Waals surface area contributed by atoms with E-state index in [1.165, 1.54) is 0 Å². The second kappa shape index (κ2) is 8.94. The number of hydrogen-bond acceptors (Lipinski definition) is 7. The number of nitrogens with one attached hydrogen (secondary N) is 2. The van der Waals surface area contributed by atoms with Crippen molar-refractivity contribution < 1.29 is 15.5 Å². The fraction of sp³-hybridized carbons (Fsp3) is 0. The van der Waals surface area contributed by atoms with Crippen molar-refractivity contribution in [3.63, 3.8) is 0 Å². The van der Waals surface area contributed by atoms with Crippen molar-refractivity contribution >= 4 is 39.4 Å². The summed E-state index contributed by atoms with van der Waals surface area (Å²) in [4.78, 5) is 36.2. The second-order valence-electron chi connectivity index (χ2n) is 9.28. The van der Waals surface area contributed by atoms with E-state index in [1.54, 1.807) is 6.20 Å². The third kappa shape index (κ3) is 3.62. The van der Waals surface area contributed by atoms with Crippen LogP contribution in [-0.4, -0.2) is 39.9 Å². The van der Waals surface area contributed by atoms with Crippen LogP contribution in [0.4, 0.5) is 0 Å². The maximum absolute atomic E-state index is 4.99. The van der Waals surface area contributed by atoms with Gasteiger partial charge in [-0.15, -0.1) is 0 Å². The van der Waals surface area contributed by atoms with Crippen LogP contribution in [0.2, 0.25) is 0 Å². The molecule has 0 amide bonds. The fourth-order valence-corrected chi connectivity index (χ4v) is 5.19. The molecular weight excluding hydrogens is 545 g/mol. The van der Waals surface area contributed by atoms with Crippen LogP contribution in [0, 0.1) is 0 Å². The van der Waals surface area contributed by atoms with Crippen LogP contribution in [-0.2, 0) is 15.5 Å². The number of aromatic nitrogens is 8. The molecule has 0 radical (unpaired) electrons. The van der Waals surface area contributed by atoms with E-state index in [0.29, 0.717) is 45.9 Å². The van der Waals surface area contributed by atoms with Gasteiger partial charge in [0.25, 0.3) is 0 Å². The van der Waals surface area contributed by atoms with Crippen LogP contribution in [0.1, 0.15) is 5.56 Å². The molecule has 0 saturated heterocycles. The minimum absolute atomic E-state index is 0.548. The zero-order chi connectivity index (χ0) is 26.6. The molecule has 8 bridgehead atoms. The summed E-state index contributed by atoms with van der Waals surface area (Å²) in [5.41, 5.74) is 6.88. The van der Waals surface area contributed by atoms with E-state index in [0.717, 1.165) is 38.6 Å². The van der Waals surface area contributed by atoms with Gasteiger partial charge >= 0.3 is 205 Å². The first-order valence-corrected chi connectivity index (χ1v) is 13.0. The summed E-state index contributed by atoms with van der Waals surface area (Å²) in [6, 6.07) is 25.8. The van der Waals surface area contributed by atoms with Crippen LogP contribution < -0.4 is 0 Å². The number of benzene rings is 3. The average molecular weight is 562 g/mol. The molecule has 0 fully saturated rings. The third-order valence-corrected chi connectivity index (χ3v) is 7.07. The first kappa shape index (κ1) is 22.8. The minimum atomic E-state index is 0.548. The van der Waals surface area contributed by atoms with Gasteiger partial charge in [0.05, 0.1) is 0 Å². The zero-order valence-electron chi connectivity index (χ0n) is 20.6. The SMILES string of the molecule is [Co]=[N]/C=C\c1cc2nc3nc(nc4[nH]c(nc5nc(nc1[nH]2)-c1ccccc1-5)c1ccccc41)-c1ccccc1-3. The van der Waals surface area contributed by atoms with Crippen molar-refractivity contribution in [1.82, 2.24) is 39.9 Å². The number of aromatic amines is 2. The molecule has 0 saturated carbocycles. The van der Waals surface area contributed by atoms with E-state index >= 15 is 0 Å². The molecule has 40 heavy (non-hydrogen) atoms. The quantitative estimate of drug-likeness (QED) is 0.251. The normalized spacial score (nSPS) is 12.0. The van der Waals surface area contributed by atoms with Gasteiger partial charge < -0.3 is 0 Å². The molecule has 10 heteroatoms. The molecule has 2 aliphatic heterocycles. The van der Waals surface area contributed by atoms with Crippen molar-refractivity contribution in [3.05, 3.63) is 90.6 Å². The predicted octanol–water partition coefficient (Wildman–Crippen LogP) is 6.42. The monoisotopic (exact) mass is 562 g/mol. The van der Waals surface area contributed by atoms with Crippen molar-refractivity contribution in [2.24, 2.45) is 4.00 Å². The van der Waals surface area contributed by atoms with Gasteiger partial charge in [-0.2, -0.15) is 0 Å². The van der Waals surface area contributed by atoms with Gasteiger partial charge in [-0.05, 0) is 0 Å². The molecule has 6 aromatic rings. The third-order valence-electron chi connectivity index (χ3n) is 6.91. The van der Waals surface area contributed by atoms with E-state index in [2.05, 4.69) is 29.5 Å². The number of hydrogen-bond donors (Lipinski definition) is 2. The molecule has 9 nitrogen and oxygen atoms in total. The van der Waals surface area contributed by atoms with Crippen LogP contribution in [0.3, 0.4) is 0 Å². The Balaban J connectivity index is 1.56. The molecule has 191 valence electrons. The molecule has 0 spiro atoms. The first-order chi connectivity index (χ1) is 19.7. The van der Waals surface area contributed by atoms with Crippen LogP contribution in [0.25, 0.3) is 85.0 Å². The van der Waals surface area contributed by atoms with E-state index < -0.39 is 0 Å². The Kier molecular flexibility index (Phi) is 5.09. The first-order valence-electron chi connectivity index (χ1n) is 12.5. The molecule has 3 aromatic heterocycles. The maximum atomic E-state index is 4.99. The van der Waals surface area contributed by atoms with Gasteiger partial charge in [0.15, 0.2) is 0 Å². The molecule has 0 aliphatic carbocycles. The van der Waals surface area contributed by atoms with E-state index in [1.807, 2.05) is 84.9 Å². The van der Waals surface area contributed by atoms with E-state index in [9.17, 15) is 0 Å². The van der Waals surface area contributed by atoms with Gasteiger partial charge in [0.1, 0.15) is 0 Å². The Hall–Kier alpha value is -5.19. The molecule has 2 aliphatic rings. The fourth-order valence-electron chi connectivity index (χ4n) is 5.11. The van der Waals surface area contributed by atoms with Crippen LogP contribution >= 0.6 is 0 Å². The van der Waals surface area contributed by atoms with Gasteiger partial charge in [-0.1, -0.05) is 24.3 Å². The van der Waals surface area contributed by atoms with E-state index in [4.69, 9.17) is 29.9 Å². The number of rotatable bonds is 2. The summed E-state index contributed by atoms with van der Waals surface area (Å²) >= 11 is 4.02. The summed E-state index contributed by atoms with van der Waals surface area (Å²) in [7, 11) is 0. The van der Waals surface area contributed by atoms with Crippen molar-refractivity contribution in [1.29, 1.82) is 0 Å². The standard InChI is InChI=1S/C30H17N9.Co/c31-14-13-16-15-23-32-24(16)34-26-19-9-3-4-10-20(19)28(36-26)38-30-22-12-6-5-11-21(22)29(39-30)37-27-18-8-2-1-7-17(18)25(33-23)35-27;/h1-15H,(H2,32,33,34,35,36,37,38,39);/b14-13-;. The van der Waals surface area contributed by atoms with Gasteiger partial charge in [-0.25, -0.2) is 0 Å². The summed E-state index contributed by atoms with van der Waals surface area (Å²) < 4.78 is 3.81. The number of H-pyrrole nitrogens is 2. The van der Waals surface area contributed by atoms with Crippen molar-refractivity contribution in [3.8, 4) is 45.6 Å². The summed E-state index contributed by atoms with van der Waals surface area (Å²) in [6.45, 7) is 0. The molecule has 5 heterocycles. The molecule has 8 rings (SSSR count). The summed E-state index contributed by atoms with van der Waals surface area (Å²) in [5, 5.41) is 1.88. The summed E-state index contributed by atoms with van der Waals surface area (Å²) in [6.07, 6.45) is 3.40. The topological polar surface area (TPSA) is 121 Å². The molecular formula is C30H17CoN9. The van der Waals surface area contributed by atoms with E-state index in [-0.39, 0.29) is 0 Å². The van der Waals surface area contributed by atoms with Crippen LogP contribution in [0.15, 0.2) is 89.1 Å². The molecule has 0 atom stereocenters. The number of nitrogens with zero attached hydrogens (tertiary/aromatic N) is 7. The van der Waals surface area contributed by atoms with Crippen molar-refractivity contribution in [2.75, 3.05) is 0 Å². The van der Waals surface area contributed by atoms with Gasteiger partial charge in [0, 0.05) is 5.39 Å². The Bertz CT molecular complexity index is 2210. The Labute approximate surface area is 234 Å². The van der Waals surface area contributed by atoms with Gasteiger partial charge in [-0.3, -0.25) is 0 Å². The van der Waals surface area contributed by atoms with Gasteiger partial charge in [0.2, 0.25) is 0 Å². The zero-order valence-corrected chi connectivity index (χ0v) is 21.7. The molecule has 2 N–H and O–H groups in total.